The summed E-state index contributed by atoms with van der Waals surface area (Å²) in [7, 11) is 0. The van der Waals surface area contributed by atoms with Gasteiger partial charge in [-0.3, -0.25) is 4.79 Å². The lowest BCUT2D eigenvalue weighted by Crippen LogP contribution is -2.15. The summed E-state index contributed by atoms with van der Waals surface area (Å²) < 4.78 is 0. The number of rotatable bonds is 5. The maximum atomic E-state index is 10.8. The van der Waals surface area contributed by atoms with Gasteiger partial charge in [0.1, 0.15) is 5.25 Å². The normalized spacial score (nSPS) is 12.4. The van der Waals surface area contributed by atoms with Gasteiger partial charge in [0, 0.05) is 15.8 Å². The summed E-state index contributed by atoms with van der Waals surface area (Å²) in [5.74, 6) is -0.196. The molecule has 0 aliphatic carbocycles. The van der Waals surface area contributed by atoms with E-state index in [-0.39, 0.29) is 5.25 Å². The van der Waals surface area contributed by atoms with Crippen LogP contribution in [0.3, 0.4) is 0 Å². The Bertz CT molecular complexity index is 382. The van der Waals surface area contributed by atoms with Crippen molar-refractivity contribution in [2.75, 3.05) is 0 Å². The molecule has 0 amide bonds. The highest BCUT2D eigenvalue weighted by atomic mass is 35.5. The summed E-state index contributed by atoms with van der Waals surface area (Å²) in [5.41, 5.74) is 0.913. The van der Waals surface area contributed by atoms with E-state index < -0.39 is 5.97 Å². The fourth-order valence-electron chi connectivity index (χ4n) is 1.19. The molecule has 0 saturated carbocycles. The molecule has 0 aliphatic heterocycles. The summed E-state index contributed by atoms with van der Waals surface area (Å²) >= 11 is 13.1. The monoisotopic (exact) mass is 278 g/mol. The second-order valence-electron chi connectivity index (χ2n) is 3.28. The van der Waals surface area contributed by atoms with E-state index in [1.807, 2.05) is 13.0 Å². The Morgan fingerprint density at radius 2 is 2.19 bits per heavy atom. The molecule has 0 radical (unpaired) electrons. The number of aliphatic carboxylic acids is 1. The van der Waals surface area contributed by atoms with Crippen LogP contribution in [0.4, 0.5) is 0 Å². The topological polar surface area (TPSA) is 37.3 Å². The van der Waals surface area contributed by atoms with Crippen molar-refractivity contribution in [2.24, 2.45) is 0 Å². The van der Waals surface area contributed by atoms with Crippen LogP contribution < -0.4 is 0 Å². The first-order valence-corrected chi connectivity index (χ1v) is 6.63. The number of carbonyl (C=O) groups is 1. The molecular formula is C11H12Cl2O2S. The van der Waals surface area contributed by atoms with Gasteiger partial charge in [0.15, 0.2) is 0 Å². The maximum absolute atomic E-state index is 10.8. The van der Waals surface area contributed by atoms with E-state index in [0.717, 1.165) is 5.56 Å². The Morgan fingerprint density at radius 3 is 2.69 bits per heavy atom. The number of benzene rings is 1. The highest BCUT2D eigenvalue weighted by Crippen LogP contribution is 2.27. The molecule has 0 aliphatic rings. The minimum Gasteiger partial charge on any atom is -0.480 e. The Labute approximate surface area is 109 Å². The van der Waals surface area contributed by atoms with E-state index in [1.54, 1.807) is 12.1 Å². The van der Waals surface area contributed by atoms with E-state index in [1.165, 1.54) is 11.8 Å². The van der Waals surface area contributed by atoms with Gasteiger partial charge in [0.25, 0.3) is 0 Å². The quantitative estimate of drug-likeness (QED) is 0.882. The first-order chi connectivity index (χ1) is 7.54. The molecule has 88 valence electrons. The van der Waals surface area contributed by atoms with Crippen LogP contribution in [0.1, 0.15) is 18.9 Å². The van der Waals surface area contributed by atoms with Gasteiger partial charge in [-0.05, 0) is 24.1 Å². The van der Waals surface area contributed by atoms with Gasteiger partial charge < -0.3 is 5.11 Å². The average molecular weight is 279 g/mol. The van der Waals surface area contributed by atoms with Crippen molar-refractivity contribution >= 4 is 40.9 Å². The van der Waals surface area contributed by atoms with Crippen LogP contribution in [-0.4, -0.2) is 16.3 Å². The highest BCUT2D eigenvalue weighted by Gasteiger charge is 2.15. The summed E-state index contributed by atoms with van der Waals surface area (Å²) in [5, 5.41) is 9.68. The number of hydrogen-bond acceptors (Lipinski definition) is 2. The summed E-state index contributed by atoms with van der Waals surface area (Å²) in [6, 6.07) is 5.25. The summed E-state index contributed by atoms with van der Waals surface area (Å²) in [6.45, 7) is 1.86. The molecule has 1 rings (SSSR count). The number of hydrogen-bond donors (Lipinski definition) is 1. The van der Waals surface area contributed by atoms with Gasteiger partial charge in [0.2, 0.25) is 0 Å². The molecular weight excluding hydrogens is 267 g/mol. The lowest BCUT2D eigenvalue weighted by Gasteiger charge is -2.10. The van der Waals surface area contributed by atoms with Gasteiger partial charge in [0.05, 0.1) is 0 Å². The standard InChI is InChI=1S/C11H12Cl2O2S/c1-2-10(11(14)15)16-6-7-3-4-8(12)5-9(7)13/h3-5,10H,2,6H2,1H3,(H,14,15). The fraction of sp³-hybridized carbons (Fsp3) is 0.364. The van der Waals surface area contributed by atoms with E-state index in [0.29, 0.717) is 22.2 Å². The first kappa shape index (κ1) is 13.7. The summed E-state index contributed by atoms with van der Waals surface area (Å²) in [4.78, 5) is 10.8. The second-order valence-corrected chi connectivity index (χ2v) is 5.32. The third kappa shape index (κ3) is 3.89. The number of halogens is 2. The molecule has 1 unspecified atom stereocenters. The zero-order valence-corrected chi connectivity index (χ0v) is 11.1. The van der Waals surface area contributed by atoms with Crippen molar-refractivity contribution in [3.8, 4) is 0 Å². The third-order valence-corrected chi connectivity index (χ3v) is 4.10. The SMILES string of the molecule is CCC(SCc1ccc(Cl)cc1Cl)C(=O)O. The molecule has 1 atom stereocenters. The number of carboxylic acids is 1. The van der Waals surface area contributed by atoms with Crippen molar-refractivity contribution in [3.05, 3.63) is 33.8 Å². The van der Waals surface area contributed by atoms with Gasteiger partial charge >= 0.3 is 5.97 Å². The molecule has 1 aromatic carbocycles. The number of thioether (sulfide) groups is 1. The van der Waals surface area contributed by atoms with Crippen LogP contribution in [-0.2, 0) is 10.5 Å². The molecule has 0 heterocycles. The van der Waals surface area contributed by atoms with Crippen molar-refractivity contribution < 1.29 is 9.90 Å². The molecule has 1 aromatic rings. The van der Waals surface area contributed by atoms with Gasteiger partial charge in [-0.2, -0.15) is 0 Å². The van der Waals surface area contributed by atoms with Crippen LogP contribution in [0.2, 0.25) is 10.0 Å². The van der Waals surface area contributed by atoms with Crippen LogP contribution >= 0.6 is 35.0 Å². The Hall–Kier alpha value is -0.380. The van der Waals surface area contributed by atoms with Crippen molar-refractivity contribution in [1.29, 1.82) is 0 Å². The Kier molecular flexibility index (Phi) is 5.46. The minimum absolute atomic E-state index is 0.383. The molecule has 16 heavy (non-hydrogen) atoms. The van der Waals surface area contributed by atoms with E-state index in [9.17, 15) is 4.79 Å². The van der Waals surface area contributed by atoms with Gasteiger partial charge in [-0.15, -0.1) is 11.8 Å². The van der Waals surface area contributed by atoms with Crippen LogP contribution in [0.25, 0.3) is 0 Å². The molecule has 0 saturated heterocycles. The molecule has 2 nitrogen and oxygen atoms in total. The fourth-order valence-corrected chi connectivity index (χ4v) is 2.76. The first-order valence-electron chi connectivity index (χ1n) is 4.83. The van der Waals surface area contributed by atoms with Crippen LogP contribution in [0, 0.1) is 0 Å². The molecule has 0 spiro atoms. The van der Waals surface area contributed by atoms with Gasteiger partial charge in [-0.25, -0.2) is 0 Å². The smallest absolute Gasteiger partial charge is 0.316 e. The number of carboxylic acid groups (broad SMARTS) is 1. The Balaban J connectivity index is 2.63. The summed E-state index contributed by atoms with van der Waals surface area (Å²) in [6.07, 6.45) is 0.602. The van der Waals surface area contributed by atoms with Crippen LogP contribution in [0.15, 0.2) is 18.2 Å². The third-order valence-electron chi connectivity index (χ3n) is 2.10. The van der Waals surface area contributed by atoms with E-state index in [2.05, 4.69) is 0 Å². The molecule has 5 heteroatoms. The molecule has 0 bridgehead atoms. The zero-order chi connectivity index (χ0) is 12.1. The Morgan fingerprint density at radius 1 is 1.50 bits per heavy atom. The minimum atomic E-state index is -0.780. The lowest BCUT2D eigenvalue weighted by atomic mass is 10.2. The molecule has 0 fully saturated rings. The van der Waals surface area contributed by atoms with Gasteiger partial charge in [-0.1, -0.05) is 36.2 Å². The van der Waals surface area contributed by atoms with Crippen LogP contribution in [0.5, 0.6) is 0 Å². The zero-order valence-electron chi connectivity index (χ0n) is 8.74. The highest BCUT2D eigenvalue weighted by molar-refractivity contribution is 7.99. The molecule has 1 N–H and O–H groups in total. The van der Waals surface area contributed by atoms with E-state index in [4.69, 9.17) is 28.3 Å². The molecule has 0 aromatic heterocycles. The second kappa shape index (κ2) is 6.38. The largest absolute Gasteiger partial charge is 0.480 e. The average Bonchev–Trinajstić information content (AvgIpc) is 2.21. The maximum Gasteiger partial charge on any atom is 0.316 e. The lowest BCUT2D eigenvalue weighted by molar-refractivity contribution is -0.136. The predicted octanol–water partition coefficient (Wildman–Crippen LogP) is 4.09. The van der Waals surface area contributed by atoms with E-state index >= 15 is 0 Å². The van der Waals surface area contributed by atoms with Crippen molar-refractivity contribution in [2.45, 2.75) is 24.3 Å². The predicted molar refractivity (Wildman–Crippen MR) is 69.5 cm³/mol. The van der Waals surface area contributed by atoms with Crippen molar-refractivity contribution in [3.63, 3.8) is 0 Å². The van der Waals surface area contributed by atoms with Crippen molar-refractivity contribution in [1.82, 2.24) is 0 Å².